The molecule has 17 heavy (non-hydrogen) atoms. The molecule has 1 aromatic rings. The molecule has 0 bridgehead atoms. The molecule has 0 saturated carbocycles. The van der Waals surface area contributed by atoms with Gasteiger partial charge in [-0.05, 0) is 31.5 Å². The van der Waals surface area contributed by atoms with Crippen molar-refractivity contribution in [2.45, 2.75) is 13.3 Å². The van der Waals surface area contributed by atoms with Crippen LogP contribution in [0.3, 0.4) is 0 Å². The summed E-state index contributed by atoms with van der Waals surface area (Å²) in [6, 6.07) is 7.64. The van der Waals surface area contributed by atoms with Crippen LogP contribution in [0.2, 0.25) is 0 Å². The lowest BCUT2D eigenvalue weighted by Gasteiger charge is -2.20. The van der Waals surface area contributed by atoms with E-state index in [0.29, 0.717) is 19.6 Å². The molecule has 0 aliphatic rings. The Bertz CT molecular complexity index is 388. The maximum Gasteiger partial charge on any atom is 0.254 e. The molecule has 3 nitrogen and oxygen atoms in total. The van der Waals surface area contributed by atoms with Crippen molar-refractivity contribution in [1.29, 1.82) is 0 Å². The largest absolute Gasteiger partial charge is 0.335 e. The summed E-state index contributed by atoms with van der Waals surface area (Å²) in [6.07, 6.45) is 2.47. The molecule has 0 aliphatic carbocycles. The first kappa shape index (κ1) is 13.5. The van der Waals surface area contributed by atoms with E-state index in [0.717, 1.165) is 17.5 Å². The van der Waals surface area contributed by atoms with E-state index in [1.807, 2.05) is 31.2 Å². The number of nitrogens with zero attached hydrogens (tertiary/aromatic N) is 1. The van der Waals surface area contributed by atoms with E-state index in [9.17, 15) is 4.79 Å². The molecule has 0 aliphatic heterocycles. The molecule has 1 rings (SSSR count). The van der Waals surface area contributed by atoms with Crippen molar-refractivity contribution in [2.75, 3.05) is 19.6 Å². The summed E-state index contributed by atoms with van der Waals surface area (Å²) >= 11 is 0. The highest BCUT2D eigenvalue weighted by atomic mass is 16.2. The first-order chi connectivity index (χ1) is 8.24. The third kappa shape index (κ3) is 3.43. The molecule has 3 heteroatoms. The summed E-state index contributed by atoms with van der Waals surface area (Å²) in [5.74, 6) is 0.0523. The van der Waals surface area contributed by atoms with E-state index >= 15 is 0 Å². The first-order valence-electron chi connectivity index (χ1n) is 5.92. The standard InChI is InChI=1S/C14H20N2O/c1-3-11-16(4-2)14(17)13-8-6-5-7-12(13)9-10-15/h3,5-8H,1,4,9-11,15H2,2H3. The maximum atomic E-state index is 12.3. The maximum absolute atomic E-state index is 12.3. The average molecular weight is 232 g/mol. The molecule has 0 fully saturated rings. The van der Waals surface area contributed by atoms with Crippen molar-refractivity contribution in [3.63, 3.8) is 0 Å². The topological polar surface area (TPSA) is 46.3 Å². The summed E-state index contributed by atoms with van der Waals surface area (Å²) in [5, 5.41) is 0. The summed E-state index contributed by atoms with van der Waals surface area (Å²) in [4.78, 5) is 14.1. The van der Waals surface area contributed by atoms with Crippen LogP contribution in [-0.4, -0.2) is 30.4 Å². The van der Waals surface area contributed by atoms with Gasteiger partial charge in [0.1, 0.15) is 0 Å². The third-order valence-electron chi connectivity index (χ3n) is 2.68. The van der Waals surface area contributed by atoms with Crippen molar-refractivity contribution in [3.8, 4) is 0 Å². The lowest BCUT2D eigenvalue weighted by atomic mass is 10.0. The van der Waals surface area contributed by atoms with Crippen molar-refractivity contribution in [3.05, 3.63) is 48.0 Å². The Balaban J connectivity index is 2.97. The van der Waals surface area contributed by atoms with Crippen molar-refractivity contribution >= 4 is 5.91 Å². The Labute approximate surface area is 103 Å². The number of nitrogens with two attached hydrogens (primary N) is 1. The first-order valence-corrected chi connectivity index (χ1v) is 5.92. The van der Waals surface area contributed by atoms with Crippen LogP contribution in [0.4, 0.5) is 0 Å². The van der Waals surface area contributed by atoms with Gasteiger partial charge in [0, 0.05) is 18.7 Å². The molecule has 0 aromatic heterocycles. The van der Waals surface area contributed by atoms with Gasteiger partial charge < -0.3 is 10.6 Å². The second kappa shape index (κ2) is 6.86. The monoisotopic (exact) mass is 232 g/mol. The number of carbonyl (C=O) groups excluding carboxylic acids is 1. The summed E-state index contributed by atoms with van der Waals surface area (Å²) in [7, 11) is 0. The highest BCUT2D eigenvalue weighted by Gasteiger charge is 2.15. The lowest BCUT2D eigenvalue weighted by molar-refractivity contribution is 0.0781. The van der Waals surface area contributed by atoms with E-state index in [1.54, 1.807) is 11.0 Å². The van der Waals surface area contributed by atoms with E-state index in [2.05, 4.69) is 6.58 Å². The molecule has 0 spiro atoms. The average Bonchev–Trinajstić information content (AvgIpc) is 2.36. The number of benzene rings is 1. The molecule has 0 unspecified atom stereocenters. The second-order valence-electron chi connectivity index (χ2n) is 3.83. The van der Waals surface area contributed by atoms with Gasteiger partial charge in [-0.1, -0.05) is 24.3 Å². The Morgan fingerprint density at radius 1 is 1.47 bits per heavy atom. The van der Waals surface area contributed by atoms with Gasteiger partial charge in [0.25, 0.3) is 5.91 Å². The highest BCUT2D eigenvalue weighted by molar-refractivity contribution is 5.95. The Morgan fingerprint density at radius 2 is 2.18 bits per heavy atom. The predicted molar refractivity (Wildman–Crippen MR) is 71.0 cm³/mol. The zero-order valence-electron chi connectivity index (χ0n) is 10.4. The Kier molecular flexibility index (Phi) is 5.43. The predicted octanol–water partition coefficient (Wildman–Crippen LogP) is 1.84. The normalized spacial score (nSPS) is 10.0. The van der Waals surface area contributed by atoms with Crippen molar-refractivity contribution in [2.24, 2.45) is 5.73 Å². The minimum absolute atomic E-state index is 0.0523. The van der Waals surface area contributed by atoms with Crippen LogP contribution in [0.15, 0.2) is 36.9 Å². The van der Waals surface area contributed by atoms with Gasteiger partial charge in [0.05, 0.1) is 0 Å². The van der Waals surface area contributed by atoms with Crippen molar-refractivity contribution in [1.82, 2.24) is 4.90 Å². The van der Waals surface area contributed by atoms with Gasteiger partial charge in [-0.25, -0.2) is 0 Å². The number of hydrogen-bond donors (Lipinski definition) is 1. The van der Waals surface area contributed by atoms with E-state index < -0.39 is 0 Å². The molecule has 0 radical (unpaired) electrons. The molecule has 0 heterocycles. The van der Waals surface area contributed by atoms with Gasteiger partial charge in [-0.15, -0.1) is 6.58 Å². The number of rotatable bonds is 6. The van der Waals surface area contributed by atoms with Gasteiger partial charge in [0.2, 0.25) is 0 Å². The minimum Gasteiger partial charge on any atom is -0.335 e. The van der Waals surface area contributed by atoms with E-state index in [4.69, 9.17) is 5.73 Å². The molecule has 92 valence electrons. The quantitative estimate of drug-likeness (QED) is 0.761. The molecular formula is C14H20N2O. The second-order valence-corrected chi connectivity index (χ2v) is 3.83. The lowest BCUT2D eigenvalue weighted by Crippen LogP contribution is -2.31. The van der Waals surface area contributed by atoms with Crippen LogP contribution in [0, 0.1) is 0 Å². The summed E-state index contributed by atoms with van der Waals surface area (Å²) < 4.78 is 0. The highest BCUT2D eigenvalue weighted by Crippen LogP contribution is 2.12. The van der Waals surface area contributed by atoms with E-state index in [-0.39, 0.29) is 5.91 Å². The van der Waals surface area contributed by atoms with E-state index in [1.165, 1.54) is 0 Å². The van der Waals surface area contributed by atoms with Crippen LogP contribution >= 0.6 is 0 Å². The van der Waals surface area contributed by atoms with Gasteiger partial charge >= 0.3 is 0 Å². The number of amides is 1. The fraction of sp³-hybridized carbons (Fsp3) is 0.357. The Morgan fingerprint density at radius 3 is 2.76 bits per heavy atom. The van der Waals surface area contributed by atoms with Crippen LogP contribution in [0.1, 0.15) is 22.8 Å². The molecule has 0 atom stereocenters. The number of hydrogen-bond acceptors (Lipinski definition) is 2. The molecule has 1 amide bonds. The fourth-order valence-corrected chi connectivity index (χ4v) is 1.78. The van der Waals surface area contributed by atoms with Crippen molar-refractivity contribution < 1.29 is 4.79 Å². The zero-order chi connectivity index (χ0) is 12.7. The molecule has 1 aromatic carbocycles. The number of likely N-dealkylation sites (N-methyl/N-ethyl adjacent to an activating group) is 1. The molecule has 2 N–H and O–H groups in total. The SMILES string of the molecule is C=CCN(CC)C(=O)c1ccccc1CCN. The van der Waals surface area contributed by atoms with Crippen LogP contribution in [-0.2, 0) is 6.42 Å². The zero-order valence-corrected chi connectivity index (χ0v) is 10.4. The molecule has 0 saturated heterocycles. The third-order valence-corrected chi connectivity index (χ3v) is 2.68. The van der Waals surface area contributed by atoms with Crippen LogP contribution in [0.25, 0.3) is 0 Å². The van der Waals surface area contributed by atoms with Gasteiger partial charge in [-0.3, -0.25) is 4.79 Å². The minimum atomic E-state index is 0.0523. The summed E-state index contributed by atoms with van der Waals surface area (Å²) in [6.45, 7) is 7.45. The van der Waals surface area contributed by atoms with Gasteiger partial charge in [0.15, 0.2) is 0 Å². The number of carbonyl (C=O) groups is 1. The smallest absolute Gasteiger partial charge is 0.254 e. The Hall–Kier alpha value is -1.61. The van der Waals surface area contributed by atoms with Crippen LogP contribution < -0.4 is 5.73 Å². The summed E-state index contributed by atoms with van der Waals surface area (Å²) in [5.41, 5.74) is 7.32. The molecular weight excluding hydrogens is 212 g/mol. The van der Waals surface area contributed by atoms with Gasteiger partial charge in [-0.2, -0.15) is 0 Å². The fourth-order valence-electron chi connectivity index (χ4n) is 1.78. The van der Waals surface area contributed by atoms with Crippen LogP contribution in [0.5, 0.6) is 0 Å².